The number of amides is 2. The quantitative estimate of drug-likeness (QED) is 0.607. The fraction of sp³-hybridized carbons (Fsp3) is 0.417. The van der Waals surface area contributed by atoms with Gasteiger partial charge in [-0.15, -0.1) is 0 Å². The summed E-state index contributed by atoms with van der Waals surface area (Å²) in [5.74, 6) is 0.699. The summed E-state index contributed by atoms with van der Waals surface area (Å²) in [6.45, 7) is 9.11. The Balaban J connectivity index is 2.00. The van der Waals surface area contributed by atoms with Gasteiger partial charge < -0.3 is 16.0 Å². The minimum atomic E-state index is -0.173. The Kier molecular flexibility index (Phi) is 8.40. The van der Waals surface area contributed by atoms with E-state index in [1.165, 1.54) is 11.1 Å². The van der Waals surface area contributed by atoms with Crippen molar-refractivity contribution in [2.24, 2.45) is 5.92 Å². The molecule has 0 spiro atoms. The molecular weight excluding hydrogens is 362 g/mol. The molecule has 2 aromatic rings. The fourth-order valence-corrected chi connectivity index (χ4v) is 3.40. The van der Waals surface area contributed by atoms with Gasteiger partial charge in [0.15, 0.2) is 6.54 Å². The summed E-state index contributed by atoms with van der Waals surface area (Å²) in [5.41, 5.74) is 3.74. The molecule has 2 aromatic carbocycles. The van der Waals surface area contributed by atoms with Crippen molar-refractivity contribution >= 4 is 17.5 Å². The number of hydrogen-bond donors (Lipinski definition) is 3. The molecule has 5 heteroatoms. The second-order valence-electron chi connectivity index (χ2n) is 7.89. The summed E-state index contributed by atoms with van der Waals surface area (Å²) in [7, 11) is 1.59. The largest absolute Gasteiger partial charge is 0.355 e. The predicted octanol–water partition coefficient (Wildman–Crippen LogP) is 3.46. The first-order valence-corrected chi connectivity index (χ1v) is 10.4. The van der Waals surface area contributed by atoms with E-state index in [9.17, 15) is 9.59 Å². The molecule has 29 heavy (non-hydrogen) atoms. The zero-order chi connectivity index (χ0) is 21.4. The minimum Gasteiger partial charge on any atom is -0.355 e. The number of rotatable bonds is 9. The Bertz CT molecular complexity index is 815. The standard InChI is InChI=1S/C24H33N3O2/c1-6-17(4)18-10-12-19(13-11-18)23(16(2)3)26-15-22(28)27-21-9-7-8-20(14-21)24(29)25-5/h7-14,16-17,23,26H,6,15H2,1-5H3,(H,25,29)(H,27,28)/p+1/t17-,23-/m1/s1. The van der Waals surface area contributed by atoms with Crippen LogP contribution in [-0.2, 0) is 4.79 Å². The third-order valence-electron chi connectivity index (χ3n) is 5.41. The fourth-order valence-electron chi connectivity index (χ4n) is 3.40. The van der Waals surface area contributed by atoms with Crippen molar-refractivity contribution in [2.45, 2.75) is 46.1 Å². The molecule has 0 aromatic heterocycles. The molecule has 0 heterocycles. The average Bonchev–Trinajstić information content (AvgIpc) is 2.73. The molecule has 0 aliphatic carbocycles. The van der Waals surface area contributed by atoms with Crippen molar-refractivity contribution in [2.75, 3.05) is 18.9 Å². The van der Waals surface area contributed by atoms with Crippen molar-refractivity contribution < 1.29 is 14.9 Å². The summed E-state index contributed by atoms with van der Waals surface area (Å²) in [4.78, 5) is 24.2. The number of nitrogens with one attached hydrogen (secondary N) is 2. The van der Waals surface area contributed by atoms with E-state index in [1.807, 2.05) is 0 Å². The SMILES string of the molecule is CC[C@@H](C)c1ccc([C@H]([NH2+]CC(=O)Nc2cccc(C(=O)NC)c2)C(C)C)cc1. The number of benzene rings is 2. The van der Waals surface area contributed by atoms with E-state index < -0.39 is 0 Å². The number of nitrogens with two attached hydrogens (primary N) is 1. The number of anilines is 1. The first kappa shape index (κ1) is 22.6. The van der Waals surface area contributed by atoms with Crippen LogP contribution < -0.4 is 16.0 Å². The number of carbonyl (C=O) groups excluding carboxylic acids is 2. The normalized spacial score (nSPS) is 13.0. The van der Waals surface area contributed by atoms with Crippen molar-refractivity contribution in [3.8, 4) is 0 Å². The van der Waals surface area contributed by atoms with Crippen molar-refractivity contribution in [1.82, 2.24) is 5.32 Å². The van der Waals surface area contributed by atoms with Crippen molar-refractivity contribution in [3.05, 3.63) is 65.2 Å². The number of quaternary nitrogens is 1. The van der Waals surface area contributed by atoms with Gasteiger partial charge in [0, 0.05) is 29.8 Å². The predicted molar refractivity (Wildman–Crippen MR) is 118 cm³/mol. The van der Waals surface area contributed by atoms with Crippen LogP contribution in [0.5, 0.6) is 0 Å². The van der Waals surface area contributed by atoms with Gasteiger partial charge in [-0.25, -0.2) is 0 Å². The Morgan fingerprint density at radius 3 is 2.24 bits per heavy atom. The van der Waals surface area contributed by atoms with E-state index in [-0.39, 0.29) is 17.9 Å². The van der Waals surface area contributed by atoms with E-state index in [2.05, 4.69) is 67.9 Å². The van der Waals surface area contributed by atoms with Crippen LogP contribution in [0.3, 0.4) is 0 Å². The lowest BCUT2D eigenvalue weighted by molar-refractivity contribution is -0.692. The van der Waals surface area contributed by atoms with Gasteiger partial charge in [-0.3, -0.25) is 9.59 Å². The van der Waals surface area contributed by atoms with Gasteiger partial charge in [0.25, 0.3) is 11.8 Å². The molecule has 5 nitrogen and oxygen atoms in total. The highest BCUT2D eigenvalue weighted by molar-refractivity contribution is 5.97. The van der Waals surface area contributed by atoms with Crippen molar-refractivity contribution in [3.63, 3.8) is 0 Å². The van der Waals surface area contributed by atoms with E-state index in [0.717, 1.165) is 6.42 Å². The van der Waals surface area contributed by atoms with Crippen LogP contribution in [0, 0.1) is 5.92 Å². The highest BCUT2D eigenvalue weighted by Crippen LogP contribution is 2.23. The van der Waals surface area contributed by atoms with Crippen LogP contribution >= 0.6 is 0 Å². The topological polar surface area (TPSA) is 74.8 Å². The zero-order valence-electron chi connectivity index (χ0n) is 18.2. The molecule has 0 bridgehead atoms. The van der Waals surface area contributed by atoms with Gasteiger partial charge in [-0.1, -0.05) is 58.0 Å². The first-order chi connectivity index (χ1) is 13.8. The monoisotopic (exact) mass is 396 g/mol. The summed E-state index contributed by atoms with van der Waals surface area (Å²) in [6.07, 6.45) is 1.13. The molecule has 0 fully saturated rings. The molecule has 0 unspecified atom stereocenters. The highest BCUT2D eigenvalue weighted by Gasteiger charge is 2.21. The second-order valence-corrected chi connectivity index (χ2v) is 7.89. The van der Waals surface area contributed by atoms with E-state index >= 15 is 0 Å². The molecule has 0 aliphatic rings. The van der Waals surface area contributed by atoms with Crippen LogP contribution in [0.25, 0.3) is 0 Å². The Hall–Kier alpha value is -2.66. The van der Waals surface area contributed by atoms with Crippen LogP contribution in [0.15, 0.2) is 48.5 Å². The molecule has 2 amide bonds. The molecule has 0 saturated carbocycles. The maximum Gasteiger partial charge on any atom is 0.279 e. The lowest BCUT2D eigenvalue weighted by Crippen LogP contribution is -2.88. The third kappa shape index (κ3) is 6.43. The van der Waals surface area contributed by atoms with Gasteiger partial charge in [0.05, 0.1) is 0 Å². The summed E-state index contributed by atoms with van der Waals surface area (Å²) in [5, 5.41) is 7.56. The van der Waals surface area contributed by atoms with Gasteiger partial charge in [0.2, 0.25) is 0 Å². The second kappa shape index (κ2) is 10.8. The van der Waals surface area contributed by atoms with E-state index in [1.54, 1.807) is 31.3 Å². The average molecular weight is 397 g/mol. The van der Waals surface area contributed by atoms with Crippen LogP contribution in [0.1, 0.15) is 67.6 Å². The third-order valence-corrected chi connectivity index (χ3v) is 5.41. The summed E-state index contributed by atoms with van der Waals surface area (Å²) < 4.78 is 0. The lowest BCUT2D eigenvalue weighted by Gasteiger charge is -2.20. The maximum absolute atomic E-state index is 12.5. The first-order valence-electron chi connectivity index (χ1n) is 10.4. The lowest BCUT2D eigenvalue weighted by atomic mass is 9.92. The van der Waals surface area contributed by atoms with Gasteiger partial charge in [-0.05, 0) is 36.1 Å². The van der Waals surface area contributed by atoms with Crippen LogP contribution in [0.4, 0.5) is 5.69 Å². The highest BCUT2D eigenvalue weighted by atomic mass is 16.2. The maximum atomic E-state index is 12.5. The summed E-state index contributed by atoms with van der Waals surface area (Å²) >= 11 is 0. The number of hydrogen-bond acceptors (Lipinski definition) is 2. The molecule has 2 atom stereocenters. The Labute approximate surface area is 174 Å². The smallest absolute Gasteiger partial charge is 0.279 e. The molecule has 0 radical (unpaired) electrons. The van der Waals surface area contributed by atoms with E-state index in [4.69, 9.17) is 0 Å². The van der Waals surface area contributed by atoms with Gasteiger partial charge >= 0.3 is 0 Å². The molecule has 156 valence electrons. The number of carbonyl (C=O) groups is 2. The molecule has 4 N–H and O–H groups in total. The summed E-state index contributed by atoms with van der Waals surface area (Å²) in [6, 6.07) is 16.0. The van der Waals surface area contributed by atoms with E-state index in [0.29, 0.717) is 29.6 Å². The van der Waals surface area contributed by atoms with Crippen LogP contribution in [-0.4, -0.2) is 25.4 Å². The minimum absolute atomic E-state index is 0.0825. The molecule has 0 saturated heterocycles. The Morgan fingerprint density at radius 2 is 1.66 bits per heavy atom. The van der Waals surface area contributed by atoms with Gasteiger partial charge in [0.1, 0.15) is 6.04 Å². The zero-order valence-corrected chi connectivity index (χ0v) is 18.2. The molecule has 2 rings (SSSR count). The molecular formula is C24H34N3O2+. The Morgan fingerprint density at radius 1 is 1.00 bits per heavy atom. The van der Waals surface area contributed by atoms with Crippen LogP contribution in [0.2, 0.25) is 0 Å². The van der Waals surface area contributed by atoms with Gasteiger partial charge in [-0.2, -0.15) is 0 Å². The van der Waals surface area contributed by atoms with Crippen molar-refractivity contribution in [1.29, 1.82) is 0 Å². The molecule has 0 aliphatic heterocycles.